The van der Waals surface area contributed by atoms with Gasteiger partial charge in [-0.05, 0) is 35.4 Å². The standard InChI is InChI=1S/C18H19BrClN3/c19-17-5-1-15(2-6-17)13-21-23-11-9-22(10-12-23)14-16-3-7-18(20)8-4-16/h1-8,13H,9-12,14H2/b21-13-. The summed E-state index contributed by atoms with van der Waals surface area (Å²) < 4.78 is 1.09. The Morgan fingerprint density at radius 1 is 0.957 bits per heavy atom. The smallest absolute Gasteiger partial charge is 0.0542 e. The second-order valence-electron chi connectivity index (χ2n) is 5.65. The molecule has 3 nitrogen and oxygen atoms in total. The van der Waals surface area contributed by atoms with Gasteiger partial charge < -0.3 is 0 Å². The van der Waals surface area contributed by atoms with Crippen LogP contribution in [0.5, 0.6) is 0 Å². The van der Waals surface area contributed by atoms with Gasteiger partial charge in [0.25, 0.3) is 0 Å². The molecule has 1 saturated heterocycles. The highest BCUT2D eigenvalue weighted by Crippen LogP contribution is 2.13. The third-order valence-electron chi connectivity index (χ3n) is 3.91. The number of rotatable bonds is 4. The Morgan fingerprint density at radius 3 is 2.26 bits per heavy atom. The molecule has 2 aromatic rings. The van der Waals surface area contributed by atoms with E-state index in [0.717, 1.165) is 47.8 Å². The molecule has 0 aromatic heterocycles. The molecule has 0 amide bonds. The fourth-order valence-corrected chi connectivity index (χ4v) is 2.95. The zero-order chi connectivity index (χ0) is 16.1. The lowest BCUT2D eigenvalue weighted by Crippen LogP contribution is -2.43. The van der Waals surface area contributed by atoms with Gasteiger partial charge in [0.1, 0.15) is 0 Å². The van der Waals surface area contributed by atoms with E-state index in [1.165, 1.54) is 5.56 Å². The van der Waals surface area contributed by atoms with E-state index >= 15 is 0 Å². The summed E-state index contributed by atoms with van der Waals surface area (Å²) in [5.41, 5.74) is 2.43. The lowest BCUT2D eigenvalue weighted by molar-refractivity contribution is 0.131. The van der Waals surface area contributed by atoms with Crippen molar-refractivity contribution in [3.05, 3.63) is 69.2 Å². The number of hydrazone groups is 1. The van der Waals surface area contributed by atoms with E-state index in [1.54, 1.807) is 0 Å². The molecule has 120 valence electrons. The Balaban J connectivity index is 1.48. The second-order valence-corrected chi connectivity index (χ2v) is 7.00. The van der Waals surface area contributed by atoms with Crippen LogP contribution in [-0.4, -0.2) is 42.3 Å². The van der Waals surface area contributed by atoms with Gasteiger partial charge in [-0.25, -0.2) is 0 Å². The van der Waals surface area contributed by atoms with Crippen LogP contribution >= 0.6 is 27.5 Å². The number of benzene rings is 2. The molecule has 0 unspecified atom stereocenters. The molecule has 0 radical (unpaired) electrons. The van der Waals surface area contributed by atoms with Gasteiger partial charge in [-0.2, -0.15) is 5.10 Å². The Kier molecular flexibility index (Phi) is 5.70. The normalized spacial score (nSPS) is 16.2. The first-order valence-electron chi connectivity index (χ1n) is 7.70. The molecule has 0 bridgehead atoms. The largest absolute Gasteiger partial charge is 0.295 e. The lowest BCUT2D eigenvalue weighted by atomic mass is 10.2. The quantitative estimate of drug-likeness (QED) is 0.724. The van der Waals surface area contributed by atoms with Gasteiger partial charge in [0.05, 0.1) is 6.21 Å². The molecule has 0 spiro atoms. The fraction of sp³-hybridized carbons (Fsp3) is 0.278. The monoisotopic (exact) mass is 391 g/mol. The molecule has 1 aliphatic heterocycles. The molecule has 0 atom stereocenters. The summed E-state index contributed by atoms with van der Waals surface area (Å²) in [6.45, 7) is 4.95. The number of halogens is 2. The minimum Gasteiger partial charge on any atom is -0.295 e. The molecule has 23 heavy (non-hydrogen) atoms. The van der Waals surface area contributed by atoms with Crippen LogP contribution in [0.25, 0.3) is 0 Å². The molecular formula is C18H19BrClN3. The van der Waals surface area contributed by atoms with Gasteiger partial charge in [0, 0.05) is 42.2 Å². The van der Waals surface area contributed by atoms with Crippen molar-refractivity contribution < 1.29 is 0 Å². The molecule has 1 heterocycles. The van der Waals surface area contributed by atoms with Gasteiger partial charge in [-0.3, -0.25) is 9.91 Å². The van der Waals surface area contributed by atoms with Crippen molar-refractivity contribution in [1.82, 2.24) is 9.91 Å². The molecule has 1 aliphatic rings. The predicted octanol–water partition coefficient (Wildman–Crippen LogP) is 4.25. The van der Waals surface area contributed by atoms with E-state index in [4.69, 9.17) is 11.6 Å². The van der Waals surface area contributed by atoms with Crippen molar-refractivity contribution in [3.63, 3.8) is 0 Å². The molecule has 1 fully saturated rings. The minimum atomic E-state index is 0.792. The van der Waals surface area contributed by atoms with Gasteiger partial charge >= 0.3 is 0 Å². The van der Waals surface area contributed by atoms with Gasteiger partial charge in [-0.1, -0.05) is 51.8 Å². The van der Waals surface area contributed by atoms with Crippen LogP contribution in [0, 0.1) is 0 Å². The third kappa shape index (κ3) is 5.06. The SMILES string of the molecule is Clc1ccc(CN2CCN(/N=C\c3ccc(Br)cc3)CC2)cc1. The third-order valence-corrected chi connectivity index (χ3v) is 4.69. The van der Waals surface area contributed by atoms with Crippen LogP contribution in [0.1, 0.15) is 11.1 Å². The molecule has 0 N–H and O–H groups in total. The first-order chi connectivity index (χ1) is 11.2. The van der Waals surface area contributed by atoms with Crippen LogP contribution in [0.3, 0.4) is 0 Å². The van der Waals surface area contributed by atoms with Gasteiger partial charge in [0.2, 0.25) is 0 Å². The maximum Gasteiger partial charge on any atom is 0.0542 e. The van der Waals surface area contributed by atoms with Crippen molar-refractivity contribution >= 4 is 33.7 Å². The molecule has 5 heteroatoms. The Morgan fingerprint density at radius 2 is 1.61 bits per heavy atom. The van der Waals surface area contributed by atoms with Crippen molar-refractivity contribution in [2.24, 2.45) is 5.10 Å². The van der Waals surface area contributed by atoms with E-state index in [2.05, 4.69) is 55.2 Å². The van der Waals surface area contributed by atoms with E-state index in [1.807, 2.05) is 30.5 Å². The van der Waals surface area contributed by atoms with E-state index in [9.17, 15) is 0 Å². The van der Waals surface area contributed by atoms with Crippen molar-refractivity contribution in [3.8, 4) is 0 Å². The zero-order valence-corrected chi connectivity index (χ0v) is 15.2. The van der Waals surface area contributed by atoms with E-state index in [-0.39, 0.29) is 0 Å². The summed E-state index contributed by atoms with van der Waals surface area (Å²) in [6.07, 6.45) is 1.93. The second kappa shape index (κ2) is 7.95. The average molecular weight is 393 g/mol. The van der Waals surface area contributed by atoms with Crippen LogP contribution in [0.2, 0.25) is 5.02 Å². The summed E-state index contributed by atoms with van der Waals surface area (Å²) in [5.74, 6) is 0. The first kappa shape index (κ1) is 16.5. The summed E-state index contributed by atoms with van der Waals surface area (Å²) in [4.78, 5) is 2.45. The number of hydrogen-bond acceptors (Lipinski definition) is 3. The molecule has 0 aliphatic carbocycles. The Hall–Kier alpha value is -1.36. The maximum atomic E-state index is 5.93. The maximum absolute atomic E-state index is 5.93. The lowest BCUT2D eigenvalue weighted by Gasteiger charge is -2.33. The molecule has 3 rings (SSSR count). The number of nitrogens with zero attached hydrogens (tertiary/aromatic N) is 3. The predicted molar refractivity (Wildman–Crippen MR) is 100 cm³/mol. The summed E-state index contributed by atoms with van der Waals surface area (Å²) in [6, 6.07) is 16.3. The minimum absolute atomic E-state index is 0.792. The highest BCUT2D eigenvalue weighted by atomic mass is 79.9. The highest BCUT2D eigenvalue weighted by Gasteiger charge is 2.15. The zero-order valence-electron chi connectivity index (χ0n) is 12.8. The van der Waals surface area contributed by atoms with Gasteiger partial charge in [-0.15, -0.1) is 0 Å². The Labute approximate surface area is 150 Å². The topological polar surface area (TPSA) is 18.8 Å². The summed E-state index contributed by atoms with van der Waals surface area (Å²) in [5, 5.41) is 7.52. The van der Waals surface area contributed by atoms with Crippen LogP contribution in [0.4, 0.5) is 0 Å². The fourth-order valence-electron chi connectivity index (χ4n) is 2.56. The Bertz CT molecular complexity index is 647. The summed E-state index contributed by atoms with van der Waals surface area (Å²) >= 11 is 9.37. The van der Waals surface area contributed by atoms with E-state index < -0.39 is 0 Å². The summed E-state index contributed by atoms with van der Waals surface area (Å²) in [7, 11) is 0. The van der Waals surface area contributed by atoms with Crippen LogP contribution in [-0.2, 0) is 6.54 Å². The van der Waals surface area contributed by atoms with E-state index in [0.29, 0.717) is 0 Å². The van der Waals surface area contributed by atoms with Crippen LogP contribution < -0.4 is 0 Å². The highest BCUT2D eigenvalue weighted by molar-refractivity contribution is 9.10. The number of piperazine rings is 1. The van der Waals surface area contributed by atoms with Crippen molar-refractivity contribution in [2.45, 2.75) is 6.54 Å². The first-order valence-corrected chi connectivity index (χ1v) is 8.87. The van der Waals surface area contributed by atoms with Crippen molar-refractivity contribution in [2.75, 3.05) is 26.2 Å². The molecule has 2 aromatic carbocycles. The number of hydrogen-bond donors (Lipinski definition) is 0. The van der Waals surface area contributed by atoms with Gasteiger partial charge in [0.15, 0.2) is 0 Å². The average Bonchev–Trinajstić information content (AvgIpc) is 2.58. The van der Waals surface area contributed by atoms with Crippen molar-refractivity contribution in [1.29, 1.82) is 0 Å². The molecular weight excluding hydrogens is 374 g/mol. The molecule has 0 saturated carbocycles. The van der Waals surface area contributed by atoms with Crippen LogP contribution in [0.15, 0.2) is 58.1 Å².